The number of halogens is 1. The number of anilines is 2. The van der Waals surface area contributed by atoms with Crippen LogP contribution < -0.4 is 20.1 Å². The number of aromatic amines is 1. The molecule has 0 unspecified atom stereocenters. The summed E-state index contributed by atoms with van der Waals surface area (Å²) >= 11 is 5.84. The van der Waals surface area contributed by atoms with Gasteiger partial charge < -0.3 is 25.1 Å². The molecule has 122 valence electrons. The first kappa shape index (κ1) is 14.5. The molecule has 1 aliphatic rings. The van der Waals surface area contributed by atoms with E-state index >= 15 is 0 Å². The predicted molar refractivity (Wildman–Crippen MR) is 86.4 cm³/mol. The Kier molecular flexibility index (Phi) is 3.54. The van der Waals surface area contributed by atoms with Crippen LogP contribution in [0.1, 0.15) is 0 Å². The highest BCUT2D eigenvalue weighted by molar-refractivity contribution is 6.28. The van der Waals surface area contributed by atoms with E-state index in [2.05, 4.69) is 30.6 Å². The van der Waals surface area contributed by atoms with E-state index < -0.39 is 0 Å². The third-order valence-electron chi connectivity index (χ3n) is 3.33. The summed E-state index contributed by atoms with van der Waals surface area (Å²) in [5.74, 6) is 1.41. The van der Waals surface area contributed by atoms with Crippen molar-refractivity contribution in [1.82, 2.24) is 19.9 Å². The Balaban J connectivity index is 1.44. The number of nitrogens with zero attached hydrogens (tertiary/aromatic N) is 3. The van der Waals surface area contributed by atoms with Gasteiger partial charge in [-0.3, -0.25) is 4.79 Å². The molecule has 0 spiro atoms. The van der Waals surface area contributed by atoms with Gasteiger partial charge in [-0.1, -0.05) is 0 Å². The maximum Gasteiger partial charge on any atom is 0.243 e. The van der Waals surface area contributed by atoms with Crippen molar-refractivity contribution in [1.29, 1.82) is 0 Å². The minimum Gasteiger partial charge on any atom is -0.454 e. The number of aromatic nitrogens is 4. The van der Waals surface area contributed by atoms with Gasteiger partial charge in [0.15, 0.2) is 23.0 Å². The first-order valence-electron chi connectivity index (χ1n) is 6.99. The number of hydrogen-bond acceptors (Lipinski definition) is 7. The molecule has 3 aromatic rings. The van der Waals surface area contributed by atoms with Gasteiger partial charge in [0.25, 0.3) is 0 Å². The second-order valence-corrected chi connectivity index (χ2v) is 5.25. The van der Waals surface area contributed by atoms with Crippen LogP contribution in [0.25, 0.3) is 11.2 Å². The molecule has 1 aromatic carbocycles. The lowest BCUT2D eigenvalue weighted by atomic mass is 10.3. The quantitative estimate of drug-likeness (QED) is 0.617. The Hall–Kier alpha value is -3.07. The van der Waals surface area contributed by atoms with Gasteiger partial charge in [-0.05, 0) is 23.7 Å². The highest BCUT2D eigenvalue weighted by atomic mass is 35.5. The average Bonchev–Trinajstić information content (AvgIpc) is 3.20. The number of H-pyrrole nitrogens is 1. The average molecular weight is 347 g/mol. The summed E-state index contributed by atoms with van der Waals surface area (Å²) in [6, 6.07) is 5.18. The van der Waals surface area contributed by atoms with Crippen molar-refractivity contribution in [2.45, 2.75) is 0 Å². The molecule has 0 atom stereocenters. The number of carbonyl (C=O) groups excluding carboxylic acids is 1. The molecule has 3 heterocycles. The lowest BCUT2D eigenvalue weighted by Gasteiger charge is -2.08. The number of benzene rings is 1. The molecule has 2 aromatic heterocycles. The van der Waals surface area contributed by atoms with Crippen molar-refractivity contribution in [3.8, 4) is 11.5 Å². The van der Waals surface area contributed by atoms with Gasteiger partial charge in [0.05, 0.1) is 12.9 Å². The number of hydrogen-bond donors (Lipinski definition) is 3. The number of imidazole rings is 1. The number of fused-ring (bicyclic) bond motifs is 2. The van der Waals surface area contributed by atoms with Crippen LogP contribution in [-0.2, 0) is 4.79 Å². The highest BCUT2D eigenvalue weighted by Crippen LogP contribution is 2.34. The van der Waals surface area contributed by atoms with Gasteiger partial charge in [-0.25, -0.2) is 4.98 Å². The van der Waals surface area contributed by atoms with E-state index in [0.29, 0.717) is 34.2 Å². The van der Waals surface area contributed by atoms with Gasteiger partial charge >= 0.3 is 0 Å². The van der Waals surface area contributed by atoms with Gasteiger partial charge in [0, 0.05) is 11.8 Å². The molecule has 9 nitrogen and oxygen atoms in total. The van der Waals surface area contributed by atoms with Crippen LogP contribution in [0.3, 0.4) is 0 Å². The number of carbonyl (C=O) groups is 1. The summed E-state index contributed by atoms with van der Waals surface area (Å²) in [7, 11) is 0. The number of amides is 1. The zero-order chi connectivity index (χ0) is 16.5. The maximum atomic E-state index is 12.1. The zero-order valence-electron chi connectivity index (χ0n) is 12.2. The van der Waals surface area contributed by atoms with Gasteiger partial charge in [0.1, 0.15) is 5.52 Å². The highest BCUT2D eigenvalue weighted by Gasteiger charge is 2.14. The molecule has 1 amide bonds. The molecule has 0 bridgehead atoms. The topological polar surface area (TPSA) is 114 Å². The molecule has 4 rings (SSSR count). The van der Waals surface area contributed by atoms with Gasteiger partial charge in [0.2, 0.25) is 18.0 Å². The number of ether oxygens (including phenoxy) is 2. The molecule has 0 saturated carbocycles. The summed E-state index contributed by atoms with van der Waals surface area (Å²) in [6.07, 6.45) is 1.48. The van der Waals surface area contributed by atoms with Crippen LogP contribution in [-0.4, -0.2) is 39.2 Å². The van der Waals surface area contributed by atoms with Gasteiger partial charge in [-0.15, -0.1) is 0 Å². The summed E-state index contributed by atoms with van der Waals surface area (Å²) in [6.45, 7) is 0.179. The van der Waals surface area contributed by atoms with Crippen molar-refractivity contribution in [2.75, 3.05) is 24.0 Å². The van der Waals surface area contributed by atoms with E-state index in [1.54, 1.807) is 18.2 Å². The van der Waals surface area contributed by atoms with Crippen LogP contribution >= 0.6 is 11.6 Å². The third-order valence-corrected chi connectivity index (χ3v) is 3.50. The molecule has 0 radical (unpaired) electrons. The molecule has 1 aliphatic heterocycles. The Morgan fingerprint density at radius 1 is 1.29 bits per heavy atom. The molecule has 24 heavy (non-hydrogen) atoms. The molecule has 0 fully saturated rings. The third kappa shape index (κ3) is 2.76. The molecule has 0 aliphatic carbocycles. The van der Waals surface area contributed by atoms with E-state index in [4.69, 9.17) is 21.1 Å². The summed E-state index contributed by atoms with van der Waals surface area (Å²) in [5.41, 5.74) is 1.61. The Morgan fingerprint density at radius 3 is 3.08 bits per heavy atom. The summed E-state index contributed by atoms with van der Waals surface area (Å²) in [5, 5.41) is 5.72. The molecular formula is C14H11ClN6O3. The van der Waals surface area contributed by atoms with Crippen LogP contribution in [0.2, 0.25) is 5.28 Å². The smallest absolute Gasteiger partial charge is 0.243 e. The van der Waals surface area contributed by atoms with Crippen molar-refractivity contribution in [2.24, 2.45) is 0 Å². The van der Waals surface area contributed by atoms with Crippen molar-refractivity contribution < 1.29 is 14.3 Å². The Labute approximate surface area is 140 Å². The van der Waals surface area contributed by atoms with E-state index in [-0.39, 0.29) is 24.5 Å². The molecule has 10 heteroatoms. The Morgan fingerprint density at radius 2 is 2.17 bits per heavy atom. The number of nitrogens with one attached hydrogen (secondary N) is 3. The molecule has 3 N–H and O–H groups in total. The minimum atomic E-state index is -0.253. The second-order valence-electron chi connectivity index (χ2n) is 4.91. The second kappa shape index (κ2) is 5.85. The maximum absolute atomic E-state index is 12.1. The monoisotopic (exact) mass is 346 g/mol. The fourth-order valence-corrected chi connectivity index (χ4v) is 2.44. The zero-order valence-corrected chi connectivity index (χ0v) is 12.9. The van der Waals surface area contributed by atoms with Crippen LogP contribution in [0.15, 0.2) is 24.5 Å². The van der Waals surface area contributed by atoms with Crippen LogP contribution in [0, 0.1) is 0 Å². The summed E-state index contributed by atoms with van der Waals surface area (Å²) < 4.78 is 10.5. The number of rotatable bonds is 4. The summed E-state index contributed by atoms with van der Waals surface area (Å²) in [4.78, 5) is 27.0. The standard InChI is InChI=1S/C14H11ClN6O3/c15-14-20-12(11-13(21-14)18-5-17-11)16-4-10(22)19-7-1-2-8-9(3-7)24-6-23-8/h1-3,5H,4,6H2,(H,19,22)(H2,16,17,18,20,21). The predicted octanol–water partition coefficient (Wildman–Crippen LogP) is 1.79. The Bertz CT molecular complexity index is 928. The van der Waals surface area contributed by atoms with Crippen molar-refractivity contribution in [3.05, 3.63) is 29.8 Å². The fraction of sp³-hybridized carbons (Fsp3) is 0.143. The lowest BCUT2D eigenvalue weighted by Crippen LogP contribution is -2.22. The van der Waals surface area contributed by atoms with E-state index in [0.717, 1.165) is 0 Å². The largest absolute Gasteiger partial charge is 0.454 e. The van der Waals surface area contributed by atoms with Crippen LogP contribution in [0.4, 0.5) is 11.5 Å². The van der Waals surface area contributed by atoms with Crippen molar-refractivity contribution in [3.63, 3.8) is 0 Å². The van der Waals surface area contributed by atoms with E-state index in [1.807, 2.05) is 0 Å². The lowest BCUT2D eigenvalue weighted by molar-refractivity contribution is -0.114. The van der Waals surface area contributed by atoms with Crippen molar-refractivity contribution >= 4 is 40.2 Å². The minimum absolute atomic E-state index is 0.00406. The normalized spacial score (nSPS) is 12.4. The molecule has 0 saturated heterocycles. The molecular weight excluding hydrogens is 336 g/mol. The van der Waals surface area contributed by atoms with Gasteiger partial charge in [-0.2, -0.15) is 9.97 Å². The van der Waals surface area contributed by atoms with Crippen LogP contribution in [0.5, 0.6) is 11.5 Å². The first-order chi connectivity index (χ1) is 11.7. The van der Waals surface area contributed by atoms with E-state index in [9.17, 15) is 4.79 Å². The fourth-order valence-electron chi connectivity index (χ4n) is 2.28. The SMILES string of the molecule is O=C(CNc1nc(Cl)nc2nc[nH]c12)Nc1ccc2c(c1)OCO2. The first-order valence-corrected chi connectivity index (χ1v) is 7.37. The van der Waals surface area contributed by atoms with E-state index in [1.165, 1.54) is 6.33 Å².